The topological polar surface area (TPSA) is 65.5 Å². The monoisotopic (exact) mass is 358 g/mol. The van der Waals surface area contributed by atoms with Crippen molar-refractivity contribution in [2.24, 2.45) is 4.99 Å². The van der Waals surface area contributed by atoms with Crippen LogP contribution in [0.4, 0.5) is 0 Å². The van der Waals surface area contributed by atoms with E-state index in [0.717, 1.165) is 11.1 Å². The van der Waals surface area contributed by atoms with Crippen molar-refractivity contribution in [3.8, 4) is 0 Å². The van der Waals surface area contributed by atoms with Crippen LogP contribution in [-0.4, -0.2) is 25.5 Å². The minimum atomic E-state index is 0.00153. The Balaban J connectivity index is 1.65. The minimum absolute atomic E-state index is 0.00153. The summed E-state index contributed by atoms with van der Waals surface area (Å²) in [5.74, 6) is 0.650. The van der Waals surface area contributed by atoms with Crippen LogP contribution in [0, 0.1) is 0 Å². The Morgan fingerprint density at radius 2 is 1.68 bits per heavy atom. The predicted octanol–water partition coefficient (Wildman–Crippen LogP) is 2.71. The second-order valence-electron chi connectivity index (χ2n) is 5.49. The number of nitrogens with zero attached hydrogens (tertiary/aromatic N) is 1. The number of rotatable bonds is 7. The largest absolute Gasteiger partial charge is 0.356 e. The highest BCUT2D eigenvalue weighted by atomic mass is 35.5. The molecule has 3 N–H and O–H groups in total. The summed E-state index contributed by atoms with van der Waals surface area (Å²) in [6.45, 7) is 1.66. The van der Waals surface area contributed by atoms with Gasteiger partial charge in [0.15, 0.2) is 5.96 Å². The van der Waals surface area contributed by atoms with Crippen LogP contribution < -0.4 is 16.0 Å². The fourth-order valence-electron chi connectivity index (χ4n) is 2.23. The first-order valence-electron chi connectivity index (χ1n) is 8.17. The van der Waals surface area contributed by atoms with Gasteiger partial charge in [-0.05, 0) is 23.3 Å². The lowest BCUT2D eigenvalue weighted by Crippen LogP contribution is -2.38. The van der Waals surface area contributed by atoms with Gasteiger partial charge in [0.25, 0.3) is 0 Å². The zero-order valence-electron chi connectivity index (χ0n) is 14.3. The normalized spacial score (nSPS) is 11.0. The molecule has 0 fully saturated rings. The van der Waals surface area contributed by atoms with Gasteiger partial charge in [0.05, 0.1) is 0 Å². The Morgan fingerprint density at radius 3 is 2.40 bits per heavy atom. The van der Waals surface area contributed by atoms with Gasteiger partial charge in [-0.3, -0.25) is 9.79 Å². The molecule has 0 radical (unpaired) electrons. The lowest BCUT2D eigenvalue weighted by molar-refractivity contribution is -0.121. The van der Waals surface area contributed by atoms with E-state index in [4.69, 9.17) is 11.6 Å². The van der Waals surface area contributed by atoms with E-state index < -0.39 is 0 Å². The quantitative estimate of drug-likeness (QED) is 0.526. The fraction of sp³-hybridized carbons (Fsp3) is 0.263. The van der Waals surface area contributed by atoms with E-state index >= 15 is 0 Å². The Labute approximate surface area is 153 Å². The number of nitrogens with one attached hydrogen (secondary N) is 3. The molecule has 25 heavy (non-hydrogen) atoms. The first-order valence-corrected chi connectivity index (χ1v) is 8.55. The maximum absolute atomic E-state index is 11.9. The SMILES string of the molecule is CN=C(NCCC(=O)NCc1ccccc1)NCc1cccc(Cl)c1. The number of hydrogen-bond donors (Lipinski definition) is 3. The van der Waals surface area contributed by atoms with Crippen LogP contribution in [0.1, 0.15) is 17.5 Å². The molecular weight excluding hydrogens is 336 g/mol. The fourth-order valence-corrected chi connectivity index (χ4v) is 2.45. The highest BCUT2D eigenvalue weighted by Crippen LogP contribution is 2.10. The first kappa shape index (κ1) is 18.8. The van der Waals surface area contributed by atoms with E-state index in [-0.39, 0.29) is 5.91 Å². The molecule has 5 nitrogen and oxygen atoms in total. The maximum Gasteiger partial charge on any atom is 0.222 e. The third-order valence-corrected chi connectivity index (χ3v) is 3.78. The van der Waals surface area contributed by atoms with Crippen LogP contribution in [0.2, 0.25) is 5.02 Å². The molecule has 0 saturated heterocycles. The Bertz CT molecular complexity index is 704. The third-order valence-electron chi connectivity index (χ3n) is 3.55. The van der Waals surface area contributed by atoms with Gasteiger partial charge in [-0.2, -0.15) is 0 Å². The van der Waals surface area contributed by atoms with Crippen LogP contribution in [0.25, 0.3) is 0 Å². The number of carbonyl (C=O) groups is 1. The van der Waals surface area contributed by atoms with Crippen LogP contribution in [0.5, 0.6) is 0 Å². The lowest BCUT2D eigenvalue weighted by Gasteiger charge is -2.12. The van der Waals surface area contributed by atoms with Gasteiger partial charge < -0.3 is 16.0 Å². The van der Waals surface area contributed by atoms with Gasteiger partial charge in [-0.15, -0.1) is 0 Å². The number of amides is 1. The summed E-state index contributed by atoms with van der Waals surface area (Å²) < 4.78 is 0. The van der Waals surface area contributed by atoms with Crippen molar-refractivity contribution in [2.75, 3.05) is 13.6 Å². The van der Waals surface area contributed by atoms with Crippen LogP contribution >= 0.6 is 11.6 Å². The molecule has 0 bridgehead atoms. The Kier molecular flexibility index (Phi) is 7.79. The molecular formula is C19H23ClN4O. The molecule has 0 heterocycles. The molecule has 0 aliphatic heterocycles. The number of halogens is 1. The van der Waals surface area contributed by atoms with Crippen molar-refractivity contribution in [2.45, 2.75) is 19.5 Å². The zero-order valence-corrected chi connectivity index (χ0v) is 15.0. The molecule has 0 aliphatic rings. The second kappa shape index (κ2) is 10.4. The summed E-state index contributed by atoms with van der Waals surface area (Å²) in [6.07, 6.45) is 0.380. The molecule has 6 heteroatoms. The highest BCUT2D eigenvalue weighted by molar-refractivity contribution is 6.30. The number of guanidine groups is 1. The average molecular weight is 359 g/mol. The van der Waals surface area contributed by atoms with Gasteiger partial charge in [0.1, 0.15) is 0 Å². The van der Waals surface area contributed by atoms with E-state index in [1.165, 1.54) is 0 Å². The van der Waals surface area contributed by atoms with Crippen LogP contribution in [0.3, 0.4) is 0 Å². The van der Waals surface area contributed by atoms with E-state index in [9.17, 15) is 4.79 Å². The summed E-state index contributed by atoms with van der Waals surface area (Å²) in [7, 11) is 1.70. The summed E-state index contributed by atoms with van der Waals surface area (Å²) in [5.41, 5.74) is 2.15. The summed E-state index contributed by atoms with van der Waals surface area (Å²) >= 11 is 5.97. The van der Waals surface area contributed by atoms with Crippen LogP contribution in [-0.2, 0) is 17.9 Å². The van der Waals surface area contributed by atoms with Crippen molar-refractivity contribution in [1.82, 2.24) is 16.0 Å². The molecule has 0 unspecified atom stereocenters. The van der Waals surface area contributed by atoms with Crippen molar-refractivity contribution < 1.29 is 4.79 Å². The number of benzene rings is 2. The van der Waals surface area contributed by atoms with Gasteiger partial charge >= 0.3 is 0 Å². The third kappa shape index (κ3) is 7.27. The number of carbonyl (C=O) groups excluding carboxylic acids is 1. The van der Waals surface area contributed by atoms with E-state index in [0.29, 0.717) is 37.0 Å². The summed E-state index contributed by atoms with van der Waals surface area (Å²) in [6, 6.07) is 17.5. The molecule has 0 spiro atoms. The zero-order chi connectivity index (χ0) is 17.9. The Morgan fingerprint density at radius 1 is 0.960 bits per heavy atom. The molecule has 0 aromatic heterocycles. The molecule has 2 rings (SSSR count). The molecule has 2 aromatic carbocycles. The van der Waals surface area contributed by atoms with Crippen molar-refractivity contribution in [3.05, 3.63) is 70.7 Å². The summed E-state index contributed by atoms with van der Waals surface area (Å²) in [5, 5.41) is 9.93. The van der Waals surface area contributed by atoms with E-state index in [1.54, 1.807) is 7.05 Å². The number of aliphatic imine (C=N–C) groups is 1. The molecule has 132 valence electrons. The van der Waals surface area contributed by atoms with Crippen molar-refractivity contribution in [3.63, 3.8) is 0 Å². The molecule has 0 saturated carbocycles. The smallest absolute Gasteiger partial charge is 0.222 e. The molecule has 0 atom stereocenters. The van der Waals surface area contributed by atoms with Gasteiger partial charge in [0.2, 0.25) is 5.91 Å². The van der Waals surface area contributed by atoms with Crippen molar-refractivity contribution >= 4 is 23.5 Å². The number of hydrogen-bond acceptors (Lipinski definition) is 2. The molecule has 1 amide bonds. The second-order valence-corrected chi connectivity index (χ2v) is 5.93. The predicted molar refractivity (Wildman–Crippen MR) is 103 cm³/mol. The summed E-state index contributed by atoms with van der Waals surface area (Å²) in [4.78, 5) is 16.0. The van der Waals surface area contributed by atoms with Gasteiger partial charge in [0, 0.05) is 38.1 Å². The maximum atomic E-state index is 11.9. The lowest BCUT2D eigenvalue weighted by atomic mass is 10.2. The van der Waals surface area contributed by atoms with Crippen LogP contribution in [0.15, 0.2) is 59.6 Å². The average Bonchev–Trinajstić information content (AvgIpc) is 2.63. The van der Waals surface area contributed by atoms with Crippen molar-refractivity contribution in [1.29, 1.82) is 0 Å². The van der Waals surface area contributed by atoms with E-state index in [1.807, 2.05) is 54.6 Å². The Hall–Kier alpha value is -2.53. The molecule has 0 aliphatic carbocycles. The van der Waals surface area contributed by atoms with Gasteiger partial charge in [-0.25, -0.2) is 0 Å². The highest BCUT2D eigenvalue weighted by Gasteiger charge is 2.03. The van der Waals surface area contributed by atoms with Gasteiger partial charge in [-0.1, -0.05) is 54.1 Å². The van der Waals surface area contributed by atoms with E-state index in [2.05, 4.69) is 20.9 Å². The first-order chi connectivity index (χ1) is 12.2. The minimum Gasteiger partial charge on any atom is -0.356 e. The molecule has 2 aromatic rings. The standard InChI is InChI=1S/C19H23ClN4O/c1-21-19(24-14-16-8-5-9-17(20)12-16)22-11-10-18(25)23-13-15-6-3-2-4-7-15/h2-9,12H,10-11,13-14H2,1H3,(H,23,25)(H2,21,22,24).